The van der Waals surface area contributed by atoms with Gasteiger partial charge >= 0.3 is 0 Å². The number of rotatable bonds is 12. The predicted molar refractivity (Wildman–Crippen MR) is 139 cm³/mol. The lowest BCUT2D eigenvalue weighted by Gasteiger charge is -2.29. The summed E-state index contributed by atoms with van der Waals surface area (Å²) in [5.41, 5.74) is 3.25. The molecular formula is C26H37N3O5S. The fraction of sp³-hybridized carbons (Fsp3) is 0.462. The highest BCUT2D eigenvalue weighted by Crippen LogP contribution is 2.25. The van der Waals surface area contributed by atoms with Crippen LogP contribution in [0.25, 0.3) is 0 Å². The van der Waals surface area contributed by atoms with Gasteiger partial charge in [-0.2, -0.15) is 0 Å². The molecule has 192 valence electrons. The second-order valence-corrected chi connectivity index (χ2v) is 10.6. The standard InChI is InChI=1S/C26H37N3O5S/c1-7-27-26(31)21(4)28(18-22-10-8-11-23(17-22)34-5)25(30)12-9-15-29(35(6,32)33)24-16-19(2)13-14-20(24)3/h8,10-11,13-14,16-17,21H,7,9,12,15,18H2,1-6H3,(H,27,31)/t21-/m1/s1. The van der Waals surface area contributed by atoms with Crippen molar-refractivity contribution in [2.24, 2.45) is 0 Å². The highest BCUT2D eigenvalue weighted by Gasteiger charge is 2.26. The first-order valence-electron chi connectivity index (χ1n) is 11.7. The van der Waals surface area contributed by atoms with E-state index in [0.29, 0.717) is 24.4 Å². The number of sulfonamides is 1. The zero-order chi connectivity index (χ0) is 26.2. The Hall–Kier alpha value is -3.07. The number of ether oxygens (including phenoxy) is 1. The minimum absolute atomic E-state index is 0.102. The normalized spacial score (nSPS) is 12.1. The molecule has 0 spiro atoms. The number of hydrogen-bond donors (Lipinski definition) is 1. The van der Waals surface area contributed by atoms with Crippen LogP contribution < -0.4 is 14.4 Å². The molecule has 1 N–H and O–H groups in total. The molecule has 1 atom stereocenters. The Bertz CT molecular complexity index is 1130. The van der Waals surface area contributed by atoms with Crippen molar-refractivity contribution in [3.63, 3.8) is 0 Å². The Morgan fingerprint density at radius 3 is 2.46 bits per heavy atom. The third-order valence-corrected chi connectivity index (χ3v) is 6.97. The first-order chi connectivity index (χ1) is 16.5. The summed E-state index contributed by atoms with van der Waals surface area (Å²) in [6, 6.07) is 12.3. The molecule has 2 amide bonds. The number of amides is 2. The Morgan fingerprint density at radius 1 is 1.11 bits per heavy atom. The number of anilines is 1. The molecular weight excluding hydrogens is 466 g/mol. The molecule has 0 aliphatic heterocycles. The Balaban J connectivity index is 2.21. The van der Waals surface area contributed by atoms with Gasteiger partial charge in [-0.05, 0) is 69.0 Å². The van der Waals surface area contributed by atoms with E-state index in [0.717, 1.165) is 16.7 Å². The van der Waals surface area contributed by atoms with Crippen LogP contribution in [0.5, 0.6) is 5.75 Å². The lowest BCUT2D eigenvalue weighted by Crippen LogP contribution is -2.47. The summed E-state index contributed by atoms with van der Waals surface area (Å²) < 4.78 is 31.7. The maximum Gasteiger partial charge on any atom is 0.242 e. The maximum absolute atomic E-state index is 13.3. The smallest absolute Gasteiger partial charge is 0.242 e. The van der Waals surface area contributed by atoms with E-state index in [1.54, 1.807) is 14.0 Å². The van der Waals surface area contributed by atoms with Gasteiger partial charge in [0.05, 0.1) is 19.1 Å². The van der Waals surface area contributed by atoms with E-state index in [4.69, 9.17) is 4.74 Å². The molecule has 0 saturated heterocycles. The number of carbonyl (C=O) groups excluding carboxylic acids is 2. The van der Waals surface area contributed by atoms with Crippen LogP contribution in [0, 0.1) is 13.8 Å². The number of aryl methyl sites for hydroxylation is 2. The lowest BCUT2D eigenvalue weighted by atomic mass is 10.1. The van der Waals surface area contributed by atoms with E-state index in [2.05, 4.69) is 5.32 Å². The van der Waals surface area contributed by atoms with E-state index in [1.807, 2.05) is 63.2 Å². The summed E-state index contributed by atoms with van der Waals surface area (Å²) in [5.74, 6) is 0.204. The van der Waals surface area contributed by atoms with Crippen LogP contribution >= 0.6 is 0 Å². The van der Waals surface area contributed by atoms with Crippen LogP contribution in [0.4, 0.5) is 5.69 Å². The van der Waals surface area contributed by atoms with Crippen LogP contribution in [0.2, 0.25) is 0 Å². The van der Waals surface area contributed by atoms with Gasteiger partial charge < -0.3 is 15.0 Å². The molecule has 0 fully saturated rings. The monoisotopic (exact) mass is 503 g/mol. The molecule has 2 aromatic rings. The van der Waals surface area contributed by atoms with Crippen molar-refractivity contribution >= 4 is 27.5 Å². The van der Waals surface area contributed by atoms with Gasteiger partial charge in [-0.15, -0.1) is 0 Å². The second-order valence-electron chi connectivity index (χ2n) is 8.67. The third-order valence-electron chi connectivity index (χ3n) is 5.79. The van der Waals surface area contributed by atoms with Crippen LogP contribution in [0.15, 0.2) is 42.5 Å². The number of benzene rings is 2. The average molecular weight is 504 g/mol. The van der Waals surface area contributed by atoms with Crippen molar-refractivity contribution < 1.29 is 22.7 Å². The van der Waals surface area contributed by atoms with Crippen molar-refractivity contribution in [1.82, 2.24) is 10.2 Å². The number of nitrogens with zero attached hydrogens (tertiary/aromatic N) is 2. The van der Waals surface area contributed by atoms with E-state index >= 15 is 0 Å². The maximum atomic E-state index is 13.3. The van der Waals surface area contributed by atoms with Crippen molar-refractivity contribution in [1.29, 1.82) is 0 Å². The zero-order valence-corrected chi connectivity index (χ0v) is 22.3. The Morgan fingerprint density at radius 2 is 1.83 bits per heavy atom. The van der Waals surface area contributed by atoms with Gasteiger partial charge in [-0.25, -0.2) is 8.42 Å². The fourth-order valence-corrected chi connectivity index (χ4v) is 4.86. The highest BCUT2D eigenvalue weighted by molar-refractivity contribution is 7.92. The fourth-order valence-electron chi connectivity index (χ4n) is 3.84. The molecule has 0 aliphatic carbocycles. The Kier molecular flexibility index (Phi) is 10.1. The number of carbonyl (C=O) groups is 2. The summed E-state index contributed by atoms with van der Waals surface area (Å²) >= 11 is 0. The van der Waals surface area contributed by atoms with E-state index < -0.39 is 16.1 Å². The first kappa shape index (κ1) is 28.2. The van der Waals surface area contributed by atoms with E-state index in [9.17, 15) is 18.0 Å². The molecule has 0 unspecified atom stereocenters. The minimum atomic E-state index is -3.54. The van der Waals surface area contributed by atoms with Crippen LogP contribution in [-0.2, 0) is 26.2 Å². The topological polar surface area (TPSA) is 96.0 Å². The van der Waals surface area contributed by atoms with E-state index in [-0.39, 0.29) is 31.3 Å². The van der Waals surface area contributed by atoms with Crippen LogP contribution in [0.3, 0.4) is 0 Å². The van der Waals surface area contributed by atoms with Crippen molar-refractivity contribution in [3.05, 3.63) is 59.2 Å². The third kappa shape index (κ3) is 7.99. The summed E-state index contributed by atoms with van der Waals surface area (Å²) in [6.45, 7) is 8.16. The molecule has 0 radical (unpaired) electrons. The summed E-state index contributed by atoms with van der Waals surface area (Å²) in [4.78, 5) is 27.4. The largest absolute Gasteiger partial charge is 0.497 e. The molecule has 0 heterocycles. The number of nitrogens with one attached hydrogen (secondary N) is 1. The lowest BCUT2D eigenvalue weighted by molar-refractivity contribution is -0.140. The zero-order valence-electron chi connectivity index (χ0n) is 21.5. The summed E-state index contributed by atoms with van der Waals surface area (Å²) in [6.07, 6.45) is 1.59. The van der Waals surface area contributed by atoms with Gasteiger partial charge in [0.2, 0.25) is 21.8 Å². The number of methoxy groups -OCH3 is 1. The molecule has 35 heavy (non-hydrogen) atoms. The Labute approximate surface area is 209 Å². The van der Waals surface area contributed by atoms with Crippen LogP contribution in [0.1, 0.15) is 43.4 Å². The number of likely N-dealkylation sites (N-methyl/N-ethyl adjacent to an activating group) is 1. The quantitative estimate of drug-likeness (QED) is 0.479. The molecule has 8 nitrogen and oxygen atoms in total. The van der Waals surface area contributed by atoms with Gasteiger partial charge in [-0.1, -0.05) is 24.3 Å². The van der Waals surface area contributed by atoms with Crippen LogP contribution in [-0.4, -0.2) is 57.6 Å². The van der Waals surface area contributed by atoms with Gasteiger partial charge in [0.1, 0.15) is 11.8 Å². The summed E-state index contributed by atoms with van der Waals surface area (Å²) in [7, 11) is -1.97. The molecule has 0 aliphatic rings. The minimum Gasteiger partial charge on any atom is -0.497 e. The van der Waals surface area contributed by atoms with Crippen molar-refractivity contribution in [3.8, 4) is 5.75 Å². The van der Waals surface area contributed by atoms with Crippen molar-refractivity contribution in [2.45, 2.75) is 53.1 Å². The SMILES string of the molecule is CCNC(=O)[C@@H](C)N(Cc1cccc(OC)c1)C(=O)CCCN(c1cc(C)ccc1C)S(C)(=O)=O. The van der Waals surface area contributed by atoms with Gasteiger partial charge in [0.25, 0.3) is 0 Å². The van der Waals surface area contributed by atoms with Gasteiger partial charge in [0.15, 0.2) is 0 Å². The average Bonchev–Trinajstić information content (AvgIpc) is 2.81. The molecule has 2 aromatic carbocycles. The molecule has 0 aromatic heterocycles. The van der Waals surface area contributed by atoms with Gasteiger partial charge in [0, 0.05) is 26.1 Å². The number of hydrogen-bond acceptors (Lipinski definition) is 5. The van der Waals surface area contributed by atoms with Gasteiger partial charge in [-0.3, -0.25) is 13.9 Å². The predicted octanol–water partition coefficient (Wildman–Crippen LogP) is 3.41. The molecule has 0 bridgehead atoms. The van der Waals surface area contributed by atoms with Crippen molar-refractivity contribution in [2.75, 3.05) is 30.8 Å². The molecule has 0 saturated carbocycles. The molecule has 2 rings (SSSR count). The first-order valence-corrected chi connectivity index (χ1v) is 13.6. The molecule has 9 heteroatoms. The van der Waals surface area contributed by atoms with E-state index in [1.165, 1.54) is 15.5 Å². The summed E-state index contributed by atoms with van der Waals surface area (Å²) in [5, 5.41) is 2.77. The second kappa shape index (κ2) is 12.6. The highest BCUT2D eigenvalue weighted by atomic mass is 32.2.